The van der Waals surface area contributed by atoms with Crippen LogP contribution in [0.4, 0.5) is 4.39 Å². The number of aromatic nitrogens is 2. The van der Waals surface area contributed by atoms with Crippen LogP contribution >= 0.6 is 0 Å². The molecule has 0 amide bonds. The van der Waals surface area contributed by atoms with Gasteiger partial charge in [0.15, 0.2) is 0 Å². The third-order valence-corrected chi connectivity index (χ3v) is 3.04. The molecule has 0 bridgehead atoms. The first kappa shape index (κ1) is 11.6. The molecule has 0 spiro atoms. The van der Waals surface area contributed by atoms with E-state index in [1.807, 2.05) is 12.1 Å². The van der Waals surface area contributed by atoms with Crippen molar-refractivity contribution in [2.75, 3.05) is 0 Å². The van der Waals surface area contributed by atoms with E-state index in [9.17, 15) is 9.18 Å². The van der Waals surface area contributed by atoms with Crippen LogP contribution in [0.1, 0.15) is 5.56 Å². The number of halogens is 1. The average Bonchev–Trinajstić information content (AvgIpc) is 2.44. The predicted octanol–water partition coefficient (Wildman–Crippen LogP) is 2.58. The van der Waals surface area contributed by atoms with Crippen molar-refractivity contribution >= 4 is 10.8 Å². The van der Waals surface area contributed by atoms with Gasteiger partial charge in [-0.3, -0.25) is 4.79 Å². The molecule has 0 atom stereocenters. The van der Waals surface area contributed by atoms with E-state index >= 15 is 0 Å². The Labute approximate surface area is 108 Å². The molecule has 4 heteroatoms. The first-order chi connectivity index (χ1) is 9.25. The molecule has 0 radical (unpaired) electrons. The number of nitrogens with zero attached hydrogens (tertiary/aromatic N) is 2. The molecule has 3 aromatic rings. The third kappa shape index (κ3) is 2.12. The normalized spacial score (nSPS) is 10.8. The molecule has 1 heterocycles. The van der Waals surface area contributed by atoms with Crippen LogP contribution in [-0.2, 0) is 6.54 Å². The van der Waals surface area contributed by atoms with Crippen molar-refractivity contribution < 1.29 is 4.39 Å². The van der Waals surface area contributed by atoms with Crippen LogP contribution in [0.5, 0.6) is 0 Å². The zero-order chi connectivity index (χ0) is 13.2. The summed E-state index contributed by atoms with van der Waals surface area (Å²) in [4.78, 5) is 12.2. The van der Waals surface area contributed by atoms with Crippen LogP contribution in [0.15, 0.2) is 59.5 Å². The summed E-state index contributed by atoms with van der Waals surface area (Å²) in [7, 11) is 0. The molecule has 3 rings (SSSR count). The largest absolute Gasteiger partial charge is 0.274 e. The van der Waals surface area contributed by atoms with E-state index < -0.39 is 0 Å². The van der Waals surface area contributed by atoms with Crippen molar-refractivity contribution in [1.29, 1.82) is 0 Å². The fourth-order valence-corrected chi connectivity index (χ4v) is 2.03. The molecular weight excluding hydrogens is 243 g/mol. The Morgan fingerprint density at radius 3 is 2.63 bits per heavy atom. The number of benzene rings is 2. The number of rotatable bonds is 2. The SMILES string of the molecule is O=c1c2ccccc2cnn1Cc1ccccc1F. The van der Waals surface area contributed by atoms with Gasteiger partial charge in [-0.05, 0) is 12.1 Å². The van der Waals surface area contributed by atoms with Gasteiger partial charge in [-0.15, -0.1) is 0 Å². The van der Waals surface area contributed by atoms with E-state index in [4.69, 9.17) is 0 Å². The van der Waals surface area contributed by atoms with Crippen molar-refractivity contribution in [2.24, 2.45) is 0 Å². The summed E-state index contributed by atoms with van der Waals surface area (Å²) in [5, 5.41) is 5.46. The zero-order valence-corrected chi connectivity index (χ0v) is 10.1. The first-order valence-electron chi connectivity index (χ1n) is 5.94. The fourth-order valence-electron chi connectivity index (χ4n) is 2.03. The predicted molar refractivity (Wildman–Crippen MR) is 71.5 cm³/mol. The van der Waals surface area contributed by atoms with Gasteiger partial charge in [-0.2, -0.15) is 5.10 Å². The molecule has 0 saturated carbocycles. The molecule has 1 aromatic heterocycles. The van der Waals surface area contributed by atoms with E-state index in [1.165, 1.54) is 10.7 Å². The monoisotopic (exact) mass is 254 g/mol. The second-order valence-electron chi connectivity index (χ2n) is 4.29. The summed E-state index contributed by atoms with van der Waals surface area (Å²) in [6, 6.07) is 13.6. The smallest absolute Gasteiger partial charge is 0.267 e. The Morgan fingerprint density at radius 1 is 1.05 bits per heavy atom. The van der Waals surface area contributed by atoms with Crippen molar-refractivity contribution in [3.8, 4) is 0 Å². The van der Waals surface area contributed by atoms with Gasteiger partial charge in [-0.1, -0.05) is 36.4 Å². The van der Waals surface area contributed by atoms with Gasteiger partial charge in [0, 0.05) is 10.9 Å². The van der Waals surface area contributed by atoms with Gasteiger partial charge < -0.3 is 0 Å². The lowest BCUT2D eigenvalue weighted by atomic mass is 10.2. The minimum atomic E-state index is -0.329. The molecule has 94 valence electrons. The molecule has 0 aliphatic carbocycles. The maximum absolute atomic E-state index is 13.6. The molecule has 2 aromatic carbocycles. The van der Waals surface area contributed by atoms with Gasteiger partial charge in [-0.25, -0.2) is 9.07 Å². The van der Waals surface area contributed by atoms with Crippen LogP contribution in [0.2, 0.25) is 0 Å². The average molecular weight is 254 g/mol. The van der Waals surface area contributed by atoms with E-state index in [0.717, 1.165) is 5.39 Å². The molecule has 3 nitrogen and oxygen atoms in total. The molecule has 19 heavy (non-hydrogen) atoms. The third-order valence-electron chi connectivity index (χ3n) is 3.04. The summed E-state index contributed by atoms with van der Waals surface area (Å²) in [5.74, 6) is -0.329. The topological polar surface area (TPSA) is 34.9 Å². The minimum absolute atomic E-state index is 0.135. The Morgan fingerprint density at radius 2 is 1.79 bits per heavy atom. The Bertz CT molecular complexity index is 795. The quantitative estimate of drug-likeness (QED) is 0.704. The number of hydrogen-bond acceptors (Lipinski definition) is 2. The molecule has 0 aliphatic rings. The molecular formula is C15H11FN2O. The second-order valence-corrected chi connectivity index (χ2v) is 4.29. The van der Waals surface area contributed by atoms with Crippen LogP contribution in [-0.4, -0.2) is 9.78 Å². The second kappa shape index (κ2) is 4.65. The summed E-state index contributed by atoms with van der Waals surface area (Å²) < 4.78 is 14.9. The Hall–Kier alpha value is -2.49. The van der Waals surface area contributed by atoms with E-state index in [0.29, 0.717) is 10.9 Å². The Balaban J connectivity index is 2.10. The minimum Gasteiger partial charge on any atom is -0.267 e. The van der Waals surface area contributed by atoms with Gasteiger partial charge >= 0.3 is 0 Å². The first-order valence-corrected chi connectivity index (χ1v) is 5.94. The maximum atomic E-state index is 13.6. The standard InChI is InChI=1S/C15H11FN2O/c16-14-8-4-2-6-12(14)10-18-15(19)13-7-3-1-5-11(13)9-17-18/h1-9H,10H2. The van der Waals surface area contributed by atoms with Gasteiger partial charge in [0.1, 0.15) is 5.82 Å². The highest BCUT2D eigenvalue weighted by molar-refractivity contribution is 5.80. The van der Waals surface area contributed by atoms with Crippen LogP contribution in [0.3, 0.4) is 0 Å². The van der Waals surface area contributed by atoms with Crippen molar-refractivity contribution in [3.63, 3.8) is 0 Å². The van der Waals surface area contributed by atoms with E-state index in [2.05, 4.69) is 5.10 Å². The Kier molecular flexibility index (Phi) is 2.83. The maximum Gasteiger partial charge on any atom is 0.274 e. The number of hydrogen-bond donors (Lipinski definition) is 0. The lowest BCUT2D eigenvalue weighted by Crippen LogP contribution is -2.23. The van der Waals surface area contributed by atoms with Crippen LogP contribution in [0.25, 0.3) is 10.8 Å². The summed E-state index contributed by atoms with van der Waals surface area (Å²) in [6.45, 7) is 0.135. The van der Waals surface area contributed by atoms with E-state index in [1.54, 1.807) is 36.5 Å². The van der Waals surface area contributed by atoms with Crippen LogP contribution in [0, 0.1) is 5.82 Å². The fraction of sp³-hybridized carbons (Fsp3) is 0.0667. The highest BCUT2D eigenvalue weighted by Gasteiger charge is 2.06. The molecule has 0 aliphatic heterocycles. The van der Waals surface area contributed by atoms with Crippen LogP contribution < -0.4 is 5.56 Å². The van der Waals surface area contributed by atoms with Crippen molar-refractivity contribution in [2.45, 2.75) is 6.54 Å². The van der Waals surface area contributed by atoms with Gasteiger partial charge in [0.05, 0.1) is 18.1 Å². The summed E-state index contributed by atoms with van der Waals surface area (Å²) in [5.41, 5.74) is 0.244. The highest BCUT2D eigenvalue weighted by atomic mass is 19.1. The number of fused-ring (bicyclic) bond motifs is 1. The summed E-state index contributed by atoms with van der Waals surface area (Å²) in [6.07, 6.45) is 1.62. The lowest BCUT2D eigenvalue weighted by molar-refractivity contribution is 0.575. The van der Waals surface area contributed by atoms with Crippen molar-refractivity contribution in [3.05, 3.63) is 76.5 Å². The van der Waals surface area contributed by atoms with Gasteiger partial charge in [0.2, 0.25) is 0 Å². The van der Waals surface area contributed by atoms with Crippen molar-refractivity contribution in [1.82, 2.24) is 9.78 Å². The lowest BCUT2D eigenvalue weighted by Gasteiger charge is -2.06. The zero-order valence-electron chi connectivity index (χ0n) is 10.1. The summed E-state index contributed by atoms with van der Waals surface area (Å²) >= 11 is 0. The molecule has 0 saturated heterocycles. The molecule has 0 N–H and O–H groups in total. The highest BCUT2D eigenvalue weighted by Crippen LogP contribution is 2.09. The van der Waals surface area contributed by atoms with Gasteiger partial charge in [0.25, 0.3) is 5.56 Å². The molecule has 0 unspecified atom stereocenters. The molecule has 0 fully saturated rings. The van der Waals surface area contributed by atoms with E-state index in [-0.39, 0.29) is 17.9 Å².